The molecule has 7 rings (SSSR count). The second-order valence-electron chi connectivity index (χ2n) is 13.0. The molecule has 2 fully saturated rings. The fourth-order valence-electron chi connectivity index (χ4n) is 6.70. The highest BCUT2D eigenvalue weighted by molar-refractivity contribution is 5.98. The number of piperidine rings is 1. The first kappa shape index (κ1) is 34.2. The highest BCUT2D eigenvalue weighted by atomic mass is 16.4. The zero-order valence-corrected chi connectivity index (χ0v) is 28.5. The Morgan fingerprint density at radius 2 is 1.08 bits per heavy atom. The van der Waals surface area contributed by atoms with Crippen LogP contribution in [0.3, 0.4) is 0 Å². The summed E-state index contributed by atoms with van der Waals surface area (Å²) >= 11 is 0. The van der Waals surface area contributed by atoms with Crippen LogP contribution in [0.2, 0.25) is 0 Å². The maximum atomic E-state index is 13.3. The Hall–Kier alpha value is -6.24. The molecule has 13 nitrogen and oxygen atoms in total. The number of pyridine rings is 2. The molecule has 4 amide bonds. The lowest BCUT2D eigenvalue weighted by Crippen LogP contribution is -2.50. The number of anilines is 2. The number of likely N-dealkylation sites (tertiary alicyclic amines) is 2. The minimum absolute atomic E-state index is 0.0867. The highest BCUT2D eigenvalue weighted by Crippen LogP contribution is 2.27. The lowest BCUT2D eigenvalue weighted by Gasteiger charge is -2.34. The van der Waals surface area contributed by atoms with Crippen LogP contribution in [0.5, 0.6) is 0 Å². The Kier molecular flexibility index (Phi) is 10.4. The molecule has 264 valence electrons. The Morgan fingerprint density at radius 1 is 0.615 bits per heavy atom. The molecule has 3 aromatic heterocycles. The summed E-state index contributed by atoms with van der Waals surface area (Å²) in [4.78, 5) is 64.0. The first-order valence-electron chi connectivity index (χ1n) is 17.4. The van der Waals surface area contributed by atoms with E-state index < -0.39 is 12.1 Å². The van der Waals surface area contributed by atoms with Crippen LogP contribution in [0.25, 0.3) is 22.9 Å². The van der Waals surface area contributed by atoms with Crippen LogP contribution in [-0.4, -0.2) is 78.8 Å². The standard InChI is InChI=1S/C39H38N8O5/c48-34(22-26-6-3-18-40-24-26)46-20-2-1-8-32(46)36(50)42-30-14-10-28(11-15-30)38-44-45-39(52-38)29-12-16-31(17-13-29)43-37(51)33-9-5-21-47(33)35(49)23-27-7-4-19-41-25-27/h3-4,6-7,10-19,24-25,32-33H,1-2,5,8-9,20-23H2,(H,42,50)(H,43,51)/t32-,33-/m0/s1. The summed E-state index contributed by atoms with van der Waals surface area (Å²) in [5, 5.41) is 14.3. The third-order valence-electron chi connectivity index (χ3n) is 9.38. The lowest BCUT2D eigenvalue weighted by molar-refractivity contribution is -0.139. The summed E-state index contributed by atoms with van der Waals surface area (Å²) in [6, 6.07) is 20.4. The number of rotatable bonds is 10. The molecule has 2 saturated heterocycles. The quantitative estimate of drug-likeness (QED) is 0.206. The number of carbonyl (C=O) groups excluding carboxylic acids is 4. The first-order chi connectivity index (χ1) is 25.4. The van der Waals surface area contributed by atoms with Crippen molar-refractivity contribution in [2.45, 2.75) is 57.0 Å². The second kappa shape index (κ2) is 15.8. The summed E-state index contributed by atoms with van der Waals surface area (Å²) in [5.74, 6) is -0.0131. The number of hydrogen-bond acceptors (Lipinski definition) is 9. The molecule has 0 unspecified atom stereocenters. The Morgan fingerprint density at radius 3 is 1.54 bits per heavy atom. The molecule has 2 aliphatic rings. The van der Waals surface area contributed by atoms with Gasteiger partial charge in [0.25, 0.3) is 0 Å². The van der Waals surface area contributed by atoms with E-state index in [0.29, 0.717) is 60.2 Å². The molecule has 52 heavy (non-hydrogen) atoms. The summed E-state index contributed by atoms with van der Waals surface area (Å²) in [7, 11) is 0. The van der Waals surface area contributed by atoms with E-state index in [1.54, 1.807) is 95.3 Å². The van der Waals surface area contributed by atoms with Crippen LogP contribution in [0.1, 0.15) is 43.2 Å². The smallest absolute Gasteiger partial charge is 0.248 e. The summed E-state index contributed by atoms with van der Waals surface area (Å²) in [5.41, 5.74) is 4.16. The third-order valence-corrected chi connectivity index (χ3v) is 9.38. The van der Waals surface area contributed by atoms with Crippen molar-refractivity contribution in [1.82, 2.24) is 30.0 Å². The average molecular weight is 699 g/mol. The molecule has 13 heteroatoms. The van der Waals surface area contributed by atoms with Crippen LogP contribution in [0, 0.1) is 0 Å². The Labute approximate surface area is 300 Å². The van der Waals surface area contributed by atoms with Crippen LogP contribution >= 0.6 is 0 Å². The van der Waals surface area contributed by atoms with E-state index in [1.165, 1.54) is 0 Å². The van der Waals surface area contributed by atoms with E-state index in [1.807, 2.05) is 12.1 Å². The number of amides is 4. The molecule has 2 aromatic carbocycles. The van der Waals surface area contributed by atoms with Gasteiger partial charge < -0.3 is 24.9 Å². The molecule has 0 aliphatic carbocycles. The van der Waals surface area contributed by atoms with E-state index in [4.69, 9.17) is 4.42 Å². The van der Waals surface area contributed by atoms with Gasteiger partial charge in [0, 0.05) is 60.4 Å². The topological polar surface area (TPSA) is 164 Å². The van der Waals surface area contributed by atoms with Crippen molar-refractivity contribution in [1.29, 1.82) is 0 Å². The molecule has 0 radical (unpaired) electrons. The van der Waals surface area contributed by atoms with Gasteiger partial charge in [0.1, 0.15) is 12.1 Å². The number of aromatic nitrogens is 4. The van der Waals surface area contributed by atoms with Gasteiger partial charge in [0.15, 0.2) is 0 Å². The Balaban J connectivity index is 0.934. The van der Waals surface area contributed by atoms with Gasteiger partial charge in [-0.25, -0.2) is 0 Å². The molecule has 0 saturated carbocycles. The van der Waals surface area contributed by atoms with Crippen molar-refractivity contribution < 1.29 is 23.6 Å². The molecule has 2 N–H and O–H groups in total. The van der Waals surface area contributed by atoms with Gasteiger partial charge in [-0.3, -0.25) is 29.1 Å². The number of benzene rings is 2. The van der Waals surface area contributed by atoms with Gasteiger partial charge in [-0.05, 0) is 104 Å². The van der Waals surface area contributed by atoms with Gasteiger partial charge in [0.2, 0.25) is 35.4 Å². The van der Waals surface area contributed by atoms with E-state index in [0.717, 1.165) is 30.4 Å². The molecule has 5 heterocycles. The van der Waals surface area contributed by atoms with Crippen LogP contribution < -0.4 is 10.6 Å². The molecule has 2 atom stereocenters. The largest absolute Gasteiger partial charge is 0.416 e. The lowest BCUT2D eigenvalue weighted by atomic mass is 10.00. The minimum Gasteiger partial charge on any atom is -0.416 e. The maximum absolute atomic E-state index is 13.3. The van der Waals surface area contributed by atoms with Gasteiger partial charge >= 0.3 is 0 Å². The van der Waals surface area contributed by atoms with Crippen LogP contribution in [-0.2, 0) is 32.0 Å². The fraction of sp³-hybridized carbons (Fsp3) is 0.282. The number of nitrogens with zero attached hydrogens (tertiary/aromatic N) is 6. The van der Waals surface area contributed by atoms with Crippen molar-refractivity contribution >= 4 is 35.0 Å². The first-order valence-corrected chi connectivity index (χ1v) is 17.4. The molecule has 0 spiro atoms. The van der Waals surface area contributed by atoms with Gasteiger partial charge in [-0.1, -0.05) is 12.1 Å². The van der Waals surface area contributed by atoms with Gasteiger partial charge in [-0.15, -0.1) is 10.2 Å². The SMILES string of the molecule is O=C(Nc1ccc(-c2nnc(-c3ccc(NC(=O)[C@@H]4CCCN4C(=O)Cc4cccnc4)cc3)o2)cc1)[C@@H]1CCCCN1C(=O)Cc1cccnc1. The number of nitrogens with one attached hydrogen (secondary N) is 2. The average Bonchev–Trinajstić information content (AvgIpc) is 3.88. The van der Waals surface area contributed by atoms with Crippen LogP contribution in [0.4, 0.5) is 11.4 Å². The van der Waals surface area contributed by atoms with Crippen molar-refractivity contribution in [2.24, 2.45) is 0 Å². The summed E-state index contributed by atoms with van der Waals surface area (Å²) < 4.78 is 5.96. The van der Waals surface area contributed by atoms with E-state index in [9.17, 15) is 19.2 Å². The number of hydrogen-bond donors (Lipinski definition) is 2. The molecular weight excluding hydrogens is 660 g/mol. The molecular formula is C39H38N8O5. The molecule has 5 aromatic rings. The van der Waals surface area contributed by atoms with Gasteiger partial charge in [0.05, 0.1) is 12.8 Å². The second-order valence-corrected chi connectivity index (χ2v) is 13.0. The molecule has 0 bridgehead atoms. The van der Waals surface area contributed by atoms with E-state index in [2.05, 4.69) is 30.8 Å². The zero-order chi connectivity index (χ0) is 35.9. The predicted molar refractivity (Wildman–Crippen MR) is 192 cm³/mol. The monoisotopic (exact) mass is 698 g/mol. The number of carbonyl (C=O) groups is 4. The fourth-order valence-corrected chi connectivity index (χ4v) is 6.70. The highest BCUT2D eigenvalue weighted by Gasteiger charge is 2.34. The Bertz CT molecular complexity index is 2020. The molecule has 2 aliphatic heterocycles. The van der Waals surface area contributed by atoms with Gasteiger partial charge in [-0.2, -0.15) is 0 Å². The minimum atomic E-state index is -0.541. The van der Waals surface area contributed by atoms with Crippen molar-refractivity contribution in [2.75, 3.05) is 23.7 Å². The van der Waals surface area contributed by atoms with Crippen molar-refractivity contribution in [3.8, 4) is 22.9 Å². The van der Waals surface area contributed by atoms with Crippen molar-refractivity contribution in [3.63, 3.8) is 0 Å². The normalized spacial score (nSPS) is 17.1. The van der Waals surface area contributed by atoms with Crippen molar-refractivity contribution in [3.05, 3.63) is 109 Å². The van der Waals surface area contributed by atoms with Crippen LogP contribution in [0.15, 0.2) is 102 Å². The third kappa shape index (κ3) is 8.04. The van der Waals surface area contributed by atoms with E-state index in [-0.39, 0.29) is 36.5 Å². The summed E-state index contributed by atoms with van der Waals surface area (Å²) in [6.45, 7) is 1.09. The predicted octanol–water partition coefficient (Wildman–Crippen LogP) is 4.93. The summed E-state index contributed by atoms with van der Waals surface area (Å²) in [6.07, 6.45) is 10.8. The zero-order valence-electron chi connectivity index (χ0n) is 28.5. The maximum Gasteiger partial charge on any atom is 0.248 e. The van der Waals surface area contributed by atoms with E-state index >= 15 is 0 Å².